The highest BCUT2D eigenvalue weighted by atomic mass is 16.5. The molecule has 0 saturated carbocycles. The molecule has 3 fully saturated rings. The summed E-state index contributed by atoms with van der Waals surface area (Å²) >= 11 is 0. The molecule has 3 aliphatic heterocycles. The summed E-state index contributed by atoms with van der Waals surface area (Å²) in [6.45, 7) is 10.6. The summed E-state index contributed by atoms with van der Waals surface area (Å²) in [5, 5.41) is 3.31. The highest BCUT2D eigenvalue weighted by molar-refractivity contribution is 5.94. The molecule has 0 spiro atoms. The molecule has 36 heavy (non-hydrogen) atoms. The van der Waals surface area contributed by atoms with E-state index >= 15 is 0 Å². The predicted molar refractivity (Wildman–Crippen MR) is 143 cm³/mol. The highest BCUT2D eigenvalue weighted by Crippen LogP contribution is 2.41. The van der Waals surface area contributed by atoms with Crippen molar-refractivity contribution in [2.24, 2.45) is 11.3 Å². The fraction of sp³-hybridized carbons (Fsp3) is 0.419. The molecule has 0 radical (unpaired) electrons. The third kappa shape index (κ3) is 5.62. The van der Waals surface area contributed by atoms with Crippen LogP contribution in [0.3, 0.4) is 0 Å². The molecule has 1 N–H and O–H groups in total. The molecule has 188 valence electrons. The first-order chi connectivity index (χ1) is 17.4. The maximum atomic E-state index is 13.0. The van der Waals surface area contributed by atoms with Gasteiger partial charge >= 0.3 is 0 Å². The van der Waals surface area contributed by atoms with Crippen LogP contribution < -0.4 is 10.1 Å². The minimum absolute atomic E-state index is 0.00981. The highest BCUT2D eigenvalue weighted by Gasteiger charge is 2.35. The zero-order valence-electron chi connectivity index (χ0n) is 21.6. The number of fused-ring (bicyclic) bond motifs is 3. The van der Waals surface area contributed by atoms with Crippen molar-refractivity contribution >= 4 is 5.91 Å². The smallest absolute Gasteiger partial charge is 0.251 e. The van der Waals surface area contributed by atoms with E-state index in [1.807, 2.05) is 42.5 Å². The van der Waals surface area contributed by atoms with Gasteiger partial charge in [-0.05, 0) is 84.8 Å². The quantitative estimate of drug-likeness (QED) is 0.471. The third-order valence-corrected chi connectivity index (χ3v) is 7.67. The van der Waals surface area contributed by atoms with E-state index in [9.17, 15) is 4.79 Å². The average molecular weight is 484 g/mol. The van der Waals surface area contributed by atoms with Crippen LogP contribution in [0, 0.1) is 11.3 Å². The van der Waals surface area contributed by atoms with Crippen LogP contribution in [-0.2, 0) is 6.61 Å². The molecule has 5 heteroatoms. The molecule has 3 saturated heterocycles. The normalized spacial score (nSPS) is 22.1. The Hall–Kier alpha value is -3.18. The molecule has 2 unspecified atom stereocenters. The molecule has 3 aliphatic rings. The molecule has 2 bridgehead atoms. The summed E-state index contributed by atoms with van der Waals surface area (Å²) in [6, 6.07) is 22.7. The van der Waals surface area contributed by atoms with Crippen molar-refractivity contribution in [1.29, 1.82) is 0 Å². The molecule has 1 amide bonds. The molecular weight excluding hydrogens is 446 g/mol. The number of pyridine rings is 1. The molecule has 3 aromatic rings. The van der Waals surface area contributed by atoms with Gasteiger partial charge in [0.05, 0.1) is 5.69 Å². The van der Waals surface area contributed by atoms with Crippen LogP contribution >= 0.6 is 0 Å². The maximum absolute atomic E-state index is 13.0. The van der Waals surface area contributed by atoms with Gasteiger partial charge in [0.15, 0.2) is 0 Å². The monoisotopic (exact) mass is 483 g/mol. The zero-order chi connectivity index (χ0) is 25.1. The number of benzene rings is 2. The maximum Gasteiger partial charge on any atom is 0.251 e. The SMILES string of the molecule is CC(C)(C)C(c1ccc(OCc2ccccn2)cc1)c1ccc(C(=O)NC2CN3CCC2CC3)cc1. The van der Waals surface area contributed by atoms with Crippen molar-refractivity contribution in [2.45, 2.75) is 52.2 Å². The van der Waals surface area contributed by atoms with Gasteiger partial charge in [-0.2, -0.15) is 0 Å². The van der Waals surface area contributed by atoms with Crippen molar-refractivity contribution in [3.63, 3.8) is 0 Å². The first-order valence-corrected chi connectivity index (χ1v) is 13.1. The number of carbonyl (C=O) groups is 1. The van der Waals surface area contributed by atoms with Crippen molar-refractivity contribution in [1.82, 2.24) is 15.2 Å². The van der Waals surface area contributed by atoms with Crippen molar-refractivity contribution in [2.75, 3.05) is 19.6 Å². The molecule has 5 nitrogen and oxygen atoms in total. The molecule has 0 aliphatic carbocycles. The number of nitrogens with one attached hydrogen (secondary N) is 1. The van der Waals surface area contributed by atoms with Gasteiger partial charge in [0.25, 0.3) is 5.91 Å². The van der Waals surface area contributed by atoms with Gasteiger partial charge in [-0.1, -0.05) is 51.1 Å². The summed E-state index contributed by atoms with van der Waals surface area (Å²) in [4.78, 5) is 19.8. The standard InChI is InChI=1S/C31H37N3O2/c1-31(2,3)29(24-11-13-27(14-12-24)36-21-26-6-4-5-17-32-26)23-7-9-25(10-8-23)30(35)33-28-20-34-18-15-22(28)16-19-34/h4-14,17,22,28-29H,15-16,18-21H2,1-3H3,(H,33,35). The largest absolute Gasteiger partial charge is 0.487 e. The first kappa shape index (κ1) is 24.5. The lowest BCUT2D eigenvalue weighted by Crippen LogP contribution is -2.57. The van der Waals surface area contributed by atoms with Gasteiger partial charge in [-0.25, -0.2) is 0 Å². The van der Waals surface area contributed by atoms with Crippen molar-refractivity contribution in [3.8, 4) is 5.75 Å². The van der Waals surface area contributed by atoms with E-state index in [4.69, 9.17) is 4.74 Å². The van der Waals surface area contributed by atoms with Crippen LogP contribution in [0.15, 0.2) is 72.9 Å². The lowest BCUT2D eigenvalue weighted by Gasteiger charge is -2.44. The van der Waals surface area contributed by atoms with E-state index < -0.39 is 0 Å². The fourth-order valence-electron chi connectivity index (χ4n) is 5.80. The summed E-state index contributed by atoms with van der Waals surface area (Å²) < 4.78 is 5.93. The molecule has 6 rings (SSSR count). The molecule has 1 aromatic heterocycles. The number of ether oxygens (including phenoxy) is 1. The number of amides is 1. The van der Waals surface area contributed by atoms with Crippen LogP contribution in [-0.4, -0.2) is 41.5 Å². The van der Waals surface area contributed by atoms with Crippen molar-refractivity contribution < 1.29 is 9.53 Å². The Labute approximate surface area is 214 Å². The van der Waals surface area contributed by atoms with E-state index in [1.165, 1.54) is 37.1 Å². The van der Waals surface area contributed by atoms with E-state index in [2.05, 4.69) is 60.2 Å². The lowest BCUT2D eigenvalue weighted by atomic mass is 9.72. The summed E-state index contributed by atoms with van der Waals surface area (Å²) in [6.07, 6.45) is 4.18. The number of hydrogen-bond donors (Lipinski definition) is 1. The number of hydrogen-bond acceptors (Lipinski definition) is 4. The van der Waals surface area contributed by atoms with Gasteiger partial charge in [0.2, 0.25) is 0 Å². The topological polar surface area (TPSA) is 54.5 Å². The van der Waals surface area contributed by atoms with E-state index in [0.717, 1.165) is 23.6 Å². The number of carbonyl (C=O) groups excluding carboxylic acids is 1. The number of piperidine rings is 3. The Kier molecular flexibility index (Phi) is 7.10. The Morgan fingerprint density at radius 1 is 1.00 bits per heavy atom. The molecular formula is C31H37N3O2. The first-order valence-electron chi connectivity index (χ1n) is 13.1. The van der Waals surface area contributed by atoms with Crippen LogP contribution in [0.4, 0.5) is 0 Å². The van der Waals surface area contributed by atoms with E-state index in [-0.39, 0.29) is 23.3 Å². The summed E-state index contributed by atoms with van der Waals surface area (Å²) in [7, 11) is 0. The van der Waals surface area contributed by atoms with E-state index in [1.54, 1.807) is 6.20 Å². The second kappa shape index (κ2) is 10.4. The average Bonchev–Trinajstić information content (AvgIpc) is 2.89. The molecule has 4 heterocycles. The number of aromatic nitrogens is 1. The second-order valence-corrected chi connectivity index (χ2v) is 11.3. The van der Waals surface area contributed by atoms with Crippen LogP contribution in [0.1, 0.15) is 66.7 Å². The van der Waals surface area contributed by atoms with Gasteiger partial charge < -0.3 is 15.0 Å². The molecule has 2 atom stereocenters. The summed E-state index contributed by atoms with van der Waals surface area (Å²) in [5.41, 5.74) is 4.10. The Balaban J connectivity index is 1.27. The number of nitrogens with zero attached hydrogens (tertiary/aromatic N) is 2. The van der Waals surface area contributed by atoms with Gasteiger partial charge in [-0.15, -0.1) is 0 Å². The van der Waals surface area contributed by atoms with Gasteiger partial charge in [-0.3, -0.25) is 9.78 Å². The lowest BCUT2D eigenvalue weighted by molar-refractivity contribution is 0.0620. The number of rotatable bonds is 7. The van der Waals surface area contributed by atoms with E-state index in [0.29, 0.717) is 12.5 Å². The molecule has 2 aromatic carbocycles. The van der Waals surface area contributed by atoms with Gasteiger partial charge in [0, 0.05) is 30.3 Å². The summed E-state index contributed by atoms with van der Waals surface area (Å²) in [5.74, 6) is 1.69. The minimum atomic E-state index is 0.00981. The Bertz CT molecular complexity index is 1150. The minimum Gasteiger partial charge on any atom is -0.487 e. The Morgan fingerprint density at radius 2 is 1.67 bits per heavy atom. The van der Waals surface area contributed by atoms with Gasteiger partial charge in [0.1, 0.15) is 12.4 Å². The van der Waals surface area contributed by atoms with Crippen LogP contribution in [0.25, 0.3) is 0 Å². The third-order valence-electron chi connectivity index (χ3n) is 7.67. The second-order valence-electron chi connectivity index (χ2n) is 11.3. The zero-order valence-corrected chi connectivity index (χ0v) is 21.6. The Morgan fingerprint density at radius 3 is 2.22 bits per heavy atom. The fourth-order valence-corrected chi connectivity index (χ4v) is 5.80. The predicted octanol–water partition coefficient (Wildman–Crippen LogP) is 5.66. The van der Waals surface area contributed by atoms with Crippen LogP contribution in [0.2, 0.25) is 0 Å². The van der Waals surface area contributed by atoms with Crippen LogP contribution in [0.5, 0.6) is 5.75 Å². The van der Waals surface area contributed by atoms with Crippen molar-refractivity contribution in [3.05, 3.63) is 95.3 Å².